The summed E-state index contributed by atoms with van der Waals surface area (Å²) in [5.41, 5.74) is 7.84. The molecular weight excluding hydrogens is 248 g/mol. The summed E-state index contributed by atoms with van der Waals surface area (Å²) >= 11 is 0. The number of anilines is 1. The molecular formula is C12H20N4O3. The molecule has 7 heteroatoms. The van der Waals surface area contributed by atoms with Gasteiger partial charge in [0, 0.05) is 6.54 Å². The van der Waals surface area contributed by atoms with Crippen LogP contribution >= 0.6 is 0 Å². The zero-order chi connectivity index (χ0) is 14.4. The number of hydrogen-bond donors (Lipinski definition) is 2. The number of nitrogens with one attached hydrogen (secondary N) is 1. The largest absolute Gasteiger partial charge is 0.466 e. The van der Waals surface area contributed by atoms with Gasteiger partial charge in [-0.3, -0.25) is 14.3 Å². The average Bonchev–Trinajstić information content (AvgIpc) is 2.57. The third-order valence-corrected chi connectivity index (χ3v) is 2.69. The molecule has 1 aromatic heterocycles. The normalized spacial score (nSPS) is 10.3. The lowest BCUT2D eigenvalue weighted by molar-refractivity contribution is -0.143. The molecule has 19 heavy (non-hydrogen) atoms. The number of amides is 1. The molecule has 0 saturated carbocycles. The summed E-state index contributed by atoms with van der Waals surface area (Å²) < 4.78 is 6.30. The number of esters is 1. The van der Waals surface area contributed by atoms with E-state index in [0.29, 0.717) is 18.0 Å². The first-order chi connectivity index (χ1) is 8.95. The Morgan fingerprint density at radius 2 is 2.11 bits per heavy atom. The second-order valence-electron chi connectivity index (χ2n) is 4.15. The smallest absolute Gasteiger partial charge is 0.307 e. The lowest BCUT2D eigenvalue weighted by atomic mass is 10.3. The molecule has 3 N–H and O–H groups in total. The predicted octanol–water partition coefficient (Wildman–Crippen LogP) is 0.152. The van der Waals surface area contributed by atoms with Gasteiger partial charge in [-0.05, 0) is 20.8 Å². The number of nitrogen functional groups attached to an aromatic ring is 1. The minimum absolute atomic E-state index is 0.0900. The monoisotopic (exact) mass is 268 g/mol. The summed E-state index contributed by atoms with van der Waals surface area (Å²) in [6, 6.07) is 0. The minimum Gasteiger partial charge on any atom is -0.466 e. The standard InChI is InChI=1S/C12H20N4O3/c1-4-19-11(18)5-6-14-10(17)7-16-9(3)12(13)8(2)15-16/h4-7,13H2,1-3H3,(H,14,17). The number of aryl methyl sites for hydroxylation is 1. The molecule has 0 unspecified atom stereocenters. The third-order valence-electron chi connectivity index (χ3n) is 2.69. The topological polar surface area (TPSA) is 99.2 Å². The highest BCUT2D eigenvalue weighted by molar-refractivity contribution is 5.77. The third kappa shape index (κ3) is 4.27. The Morgan fingerprint density at radius 3 is 2.63 bits per heavy atom. The Morgan fingerprint density at radius 1 is 1.42 bits per heavy atom. The molecule has 0 aromatic carbocycles. The van der Waals surface area contributed by atoms with Gasteiger partial charge in [-0.2, -0.15) is 5.10 Å². The highest BCUT2D eigenvalue weighted by Gasteiger charge is 2.11. The zero-order valence-electron chi connectivity index (χ0n) is 11.5. The van der Waals surface area contributed by atoms with Crippen LogP contribution in [0.4, 0.5) is 5.69 Å². The molecule has 1 aromatic rings. The van der Waals surface area contributed by atoms with Crippen molar-refractivity contribution in [2.45, 2.75) is 33.7 Å². The van der Waals surface area contributed by atoms with Gasteiger partial charge in [-0.15, -0.1) is 0 Å². The Kier molecular flexibility index (Phi) is 5.35. The molecule has 0 fully saturated rings. The Balaban J connectivity index is 2.39. The SMILES string of the molecule is CCOC(=O)CCNC(=O)Cn1nc(C)c(N)c1C. The molecule has 0 saturated heterocycles. The number of carbonyl (C=O) groups is 2. The van der Waals surface area contributed by atoms with Crippen molar-refractivity contribution in [2.75, 3.05) is 18.9 Å². The van der Waals surface area contributed by atoms with Gasteiger partial charge < -0.3 is 15.8 Å². The number of nitrogens with zero attached hydrogens (tertiary/aromatic N) is 2. The van der Waals surface area contributed by atoms with Crippen LogP contribution in [0.2, 0.25) is 0 Å². The summed E-state index contributed by atoms with van der Waals surface area (Å²) in [5, 5.41) is 6.80. The number of aromatic nitrogens is 2. The number of ether oxygens (including phenoxy) is 1. The van der Waals surface area contributed by atoms with E-state index in [2.05, 4.69) is 10.4 Å². The molecule has 0 atom stereocenters. The lowest BCUT2D eigenvalue weighted by Crippen LogP contribution is -2.30. The van der Waals surface area contributed by atoms with Crippen molar-refractivity contribution in [1.29, 1.82) is 0 Å². The first-order valence-electron chi connectivity index (χ1n) is 6.17. The predicted molar refractivity (Wildman–Crippen MR) is 70.4 cm³/mol. The summed E-state index contributed by atoms with van der Waals surface area (Å²) in [6.45, 7) is 6.03. The van der Waals surface area contributed by atoms with Crippen molar-refractivity contribution in [3.63, 3.8) is 0 Å². The maximum atomic E-state index is 11.7. The Bertz CT molecular complexity index is 468. The summed E-state index contributed by atoms with van der Waals surface area (Å²) in [7, 11) is 0. The van der Waals surface area contributed by atoms with Crippen LogP contribution in [0.25, 0.3) is 0 Å². The summed E-state index contributed by atoms with van der Waals surface area (Å²) in [4.78, 5) is 22.7. The number of rotatable bonds is 6. The van der Waals surface area contributed by atoms with E-state index < -0.39 is 0 Å². The first kappa shape index (κ1) is 15.0. The lowest BCUT2D eigenvalue weighted by Gasteiger charge is -2.06. The van der Waals surface area contributed by atoms with Crippen LogP contribution in [0.3, 0.4) is 0 Å². The number of nitrogens with two attached hydrogens (primary N) is 1. The van der Waals surface area contributed by atoms with E-state index in [1.54, 1.807) is 25.5 Å². The molecule has 1 rings (SSSR count). The maximum Gasteiger partial charge on any atom is 0.307 e. The molecule has 1 amide bonds. The fraction of sp³-hybridized carbons (Fsp3) is 0.583. The van der Waals surface area contributed by atoms with Gasteiger partial charge >= 0.3 is 5.97 Å². The number of carbonyl (C=O) groups excluding carboxylic acids is 2. The molecule has 0 bridgehead atoms. The van der Waals surface area contributed by atoms with Crippen molar-refractivity contribution in [3.05, 3.63) is 11.4 Å². The van der Waals surface area contributed by atoms with Gasteiger partial charge in [0.15, 0.2) is 0 Å². The molecule has 7 nitrogen and oxygen atoms in total. The van der Waals surface area contributed by atoms with E-state index in [1.165, 1.54) is 0 Å². The van der Waals surface area contributed by atoms with Crippen molar-refractivity contribution in [2.24, 2.45) is 0 Å². The highest BCUT2D eigenvalue weighted by Crippen LogP contribution is 2.14. The van der Waals surface area contributed by atoms with Crippen molar-refractivity contribution >= 4 is 17.6 Å². The van der Waals surface area contributed by atoms with E-state index in [9.17, 15) is 9.59 Å². The van der Waals surface area contributed by atoms with E-state index in [-0.39, 0.29) is 31.4 Å². The van der Waals surface area contributed by atoms with Crippen LogP contribution in [-0.4, -0.2) is 34.8 Å². The van der Waals surface area contributed by atoms with Gasteiger partial charge in [-0.25, -0.2) is 0 Å². The molecule has 106 valence electrons. The zero-order valence-corrected chi connectivity index (χ0v) is 11.5. The summed E-state index contributed by atoms with van der Waals surface area (Å²) in [5.74, 6) is -0.534. The van der Waals surface area contributed by atoms with E-state index in [4.69, 9.17) is 10.5 Å². The maximum absolute atomic E-state index is 11.7. The molecule has 1 heterocycles. The van der Waals surface area contributed by atoms with Gasteiger partial charge in [0.2, 0.25) is 5.91 Å². The van der Waals surface area contributed by atoms with Gasteiger partial charge in [0.05, 0.1) is 30.1 Å². The van der Waals surface area contributed by atoms with Crippen molar-refractivity contribution in [3.8, 4) is 0 Å². The van der Waals surface area contributed by atoms with Crippen LogP contribution < -0.4 is 11.1 Å². The molecule has 0 radical (unpaired) electrons. The Labute approximate surface area is 112 Å². The number of hydrogen-bond acceptors (Lipinski definition) is 5. The van der Waals surface area contributed by atoms with Gasteiger partial charge in [0.1, 0.15) is 6.54 Å². The van der Waals surface area contributed by atoms with Crippen LogP contribution in [0.15, 0.2) is 0 Å². The van der Waals surface area contributed by atoms with Crippen LogP contribution in [-0.2, 0) is 20.9 Å². The minimum atomic E-state index is -0.321. The second kappa shape index (κ2) is 6.77. The van der Waals surface area contributed by atoms with Crippen molar-refractivity contribution in [1.82, 2.24) is 15.1 Å². The molecule has 0 aliphatic rings. The molecule has 0 aliphatic heterocycles. The summed E-state index contributed by atoms with van der Waals surface area (Å²) in [6.07, 6.45) is 0.166. The van der Waals surface area contributed by atoms with Crippen LogP contribution in [0.1, 0.15) is 24.7 Å². The van der Waals surface area contributed by atoms with E-state index >= 15 is 0 Å². The molecule has 0 aliphatic carbocycles. The van der Waals surface area contributed by atoms with Gasteiger partial charge in [-0.1, -0.05) is 0 Å². The average molecular weight is 268 g/mol. The fourth-order valence-electron chi connectivity index (χ4n) is 1.59. The quantitative estimate of drug-likeness (QED) is 0.715. The molecule has 0 spiro atoms. The van der Waals surface area contributed by atoms with Gasteiger partial charge in [0.25, 0.3) is 0 Å². The first-order valence-corrected chi connectivity index (χ1v) is 6.17. The Hall–Kier alpha value is -2.05. The fourth-order valence-corrected chi connectivity index (χ4v) is 1.59. The van der Waals surface area contributed by atoms with Crippen molar-refractivity contribution < 1.29 is 14.3 Å². The van der Waals surface area contributed by atoms with Crippen LogP contribution in [0.5, 0.6) is 0 Å². The van der Waals surface area contributed by atoms with E-state index in [1.807, 2.05) is 0 Å². The van der Waals surface area contributed by atoms with Crippen LogP contribution in [0, 0.1) is 13.8 Å². The van der Waals surface area contributed by atoms with E-state index in [0.717, 1.165) is 5.69 Å². The second-order valence-corrected chi connectivity index (χ2v) is 4.15. The highest BCUT2D eigenvalue weighted by atomic mass is 16.5.